The second kappa shape index (κ2) is 6.72. The molecule has 4 rings (SSSR count). The van der Waals surface area contributed by atoms with E-state index >= 15 is 8.78 Å². The molecule has 2 fully saturated rings. The minimum atomic E-state index is -4.58. The van der Waals surface area contributed by atoms with Crippen LogP contribution >= 0.6 is 7.82 Å². The number of alkyl halides is 4. The van der Waals surface area contributed by atoms with E-state index in [4.69, 9.17) is 24.0 Å². The number of ether oxygens (including phenoxy) is 1. The second-order valence-corrected chi connectivity index (χ2v) is 8.61. The number of halogens is 4. The summed E-state index contributed by atoms with van der Waals surface area (Å²) in [5.74, 6) is -4.59. The van der Waals surface area contributed by atoms with E-state index in [0.717, 1.165) is 6.33 Å². The fourth-order valence-corrected chi connectivity index (χ4v) is 4.94. The van der Waals surface area contributed by atoms with Crippen LogP contribution in [0.2, 0.25) is 0 Å². The van der Waals surface area contributed by atoms with Crippen molar-refractivity contribution in [3.63, 3.8) is 0 Å². The van der Waals surface area contributed by atoms with E-state index in [-0.39, 0.29) is 5.52 Å². The highest BCUT2D eigenvalue weighted by Gasteiger charge is 2.75. The minimum Gasteiger partial charge on any atom is -0.369 e. The zero-order chi connectivity index (χ0) is 22.1. The lowest BCUT2D eigenvalue weighted by molar-refractivity contribution is -0.208. The Kier molecular flexibility index (Phi) is 4.74. The lowest BCUT2D eigenvalue weighted by Crippen LogP contribution is -2.57. The Morgan fingerprint density at radius 1 is 1.43 bits per heavy atom. The molecule has 0 amide bonds. The molecular formula is C14H16F4N5O6P. The van der Waals surface area contributed by atoms with Gasteiger partial charge in [-0.05, 0) is 13.8 Å². The lowest BCUT2D eigenvalue weighted by Gasteiger charge is -2.39. The van der Waals surface area contributed by atoms with Crippen molar-refractivity contribution in [2.75, 3.05) is 12.3 Å². The van der Waals surface area contributed by atoms with Gasteiger partial charge in [0.15, 0.2) is 22.9 Å². The van der Waals surface area contributed by atoms with Crippen LogP contribution in [0.15, 0.2) is 11.1 Å². The summed E-state index contributed by atoms with van der Waals surface area (Å²) in [5.41, 5.74) is 0.856. The number of fused-ring (bicyclic) bond motifs is 2. The normalized spacial score (nSPS) is 33.5. The molecule has 4 heterocycles. The first-order chi connectivity index (χ1) is 13.9. The molecule has 2 aromatic rings. The molecule has 0 aliphatic carbocycles. The van der Waals surface area contributed by atoms with Gasteiger partial charge in [-0.15, -0.1) is 0 Å². The molecular weight excluding hydrogens is 441 g/mol. The Hall–Kier alpha value is -2.06. The van der Waals surface area contributed by atoms with Crippen LogP contribution in [-0.4, -0.2) is 56.3 Å². The zero-order valence-corrected chi connectivity index (χ0v) is 16.3. The molecule has 3 N–H and O–H groups in total. The van der Waals surface area contributed by atoms with Crippen LogP contribution in [-0.2, 0) is 22.9 Å². The van der Waals surface area contributed by atoms with Gasteiger partial charge in [0.2, 0.25) is 12.2 Å². The molecule has 4 atom stereocenters. The number of anilines is 1. The van der Waals surface area contributed by atoms with Gasteiger partial charge in [-0.2, -0.15) is 13.8 Å². The van der Waals surface area contributed by atoms with Crippen LogP contribution < -0.4 is 11.3 Å². The van der Waals surface area contributed by atoms with Crippen molar-refractivity contribution >= 4 is 24.9 Å². The standard InChI is InChI=1S/C14H16F4N5O6P/c1-5(2)28-30(25)26-3-13(10(15)16)9(29-30)14(17,18)11(27-13)23-4-20-6-7(23)21-12(19)22-8(6)24/h4-5,9-11H,3H2,1-2H3,(H3,19,21,22,24)/t9-,11-,13-,30?/m1/s1. The number of imidazole rings is 1. The minimum absolute atomic E-state index is 0.365. The van der Waals surface area contributed by atoms with Gasteiger partial charge in [0.25, 0.3) is 12.0 Å². The molecule has 2 saturated heterocycles. The number of phosphoric acid groups is 1. The summed E-state index contributed by atoms with van der Waals surface area (Å²) in [5, 5.41) is 0. The summed E-state index contributed by atoms with van der Waals surface area (Å²) >= 11 is 0. The summed E-state index contributed by atoms with van der Waals surface area (Å²) in [6.07, 6.45) is -8.64. The van der Waals surface area contributed by atoms with Gasteiger partial charge in [0.05, 0.1) is 19.0 Å². The highest BCUT2D eigenvalue weighted by atomic mass is 31.2. The van der Waals surface area contributed by atoms with Gasteiger partial charge < -0.3 is 10.5 Å². The van der Waals surface area contributed by atoms with Crippen molar-refractivity contribution in [1.29, 1.82) is 0 Å². The van der Waals surface area contributed by atoms with Crippen molar-refractivity contribution in [3.05, 3.63) is 16.7 Å². The predicted octanol–water partition coefficient (Wildman–Crippen LogP) is 1.82. The Morgan fingerprint density at radius 2 is 2.13 bits per heavy atom. The molecule has 0 bridgehead atoms. The van der Waals surface area contributed by atoms with E-state index < -0.39 is 68.0 Å². The smallest absolute Gasteiger partial charge is 0.369 e. The van der Waals surface area contributed by atoms with E-state index in [1.165, 1.54) is 13.8 Å². The van der Waals surface area contributed by atoms with Crippen molar-refractivity contribution in [1.82, 2.24) is 19.5 Å². The second-order valence-electron chi connectivity index (χ2n) is 7.04. The summed E-state index contributed by atoms with van der Waals surface area (Å²) in [6, 6.07) is 0. The Morgan fingerprint density at radius 3 is 2.77 bits per heavy atom. The van der Waals surface area contributed by atoms with Gasteiger partial charge in [-0.25, -0.2) is 18.3 Å². The summed E-state index contributed by atoms with van der Waals surface area (Å²) in [6.45, 7) is 1.67. The Balaban J connectivity index is 1.82. The summed E-state index contributed by atoms with van der Waals surface area (Å²) in [7, 11) is -4.58. The number of hydrogen-bond donors (Lipinski definition) is 2. The Bertz CT molecular complexity index is 1090. The average Bonchev–Trinajstić information content (AvgIpc) is 3.12. The Labute approximate surface area is 165 Å². The molecule has 166 valence electrons. The predicted molar refractivity (Wildman–Crippen MR) is 91.0 cm³/mol. The highest BCUT2D eigenvalue weighted by Crippen LogP contribution is 2.64. The third kappa shape index (κ3) is 3.03. The maximum absolute atomic E-state index is 15.3. The summed E-state index contributed by atoms with van der Waals surface area (Å²) < 4.78 is 91.1. The van der Waals surface area contributed by atoms with Gasteiger partial charge >= 0.3 is 13.7 Å². The van der Waals surface area contributed by atoms with E-state index in [1.807, 2.05) is 0 Å². The first-order valence-electron chi connectivity index (χ1n) is 8.57. The maximum atomic E-state index is 15.3. The first-order valence-corrected chi connectivity index (χ1v) is 10.0. The number of nitrogens with zero attached hydrogens (tertiary/aromatic N) is 3. The van der Waals surface area contributed by atoms with E-state index in [2.05, 4.69) is 15.0 Å². The molecule has 0 aromatic carbocycles. The number of nitrogen functional groups attached to an aromatic ring is 1. The molecule has 1 unspecified atom stereocenters. The number of nitrogens with one attached hydrogen (secondary N) is 1. The fourth-order valence-electron chi connectivity index (χ4n) is 3.31. The fraction of sp³-hybridized carbons (Fsp3) is 0.643. The van der Waals surface area contributed by atoms with Crippen molar-refractivity contribution in [3.8, 4) is 0 Å². The highest BCUT2D eigenvalue weighted by molar-refractivity contribution is 7.48. The van der Waals surface area contributed by atoms with Crippen molar-refractivity contribution < 1.29 is 40.4 Å². The quantitative estimate of drug-likeness (QED) is 0.519. The topological polar surface area (TPSA) is 144 Å². The molecule has 0 spiro atoms. The molecule has 0 radical (unpaired) electrons. The molecule has 30 heavy (non-hydrogen) atoms. The molecule has 16 heteroatoms. The van der Waals surface area contributed by atoms with Crippen LogP contribution in [0.4, 0.5) is 23.5 Å². The largest absolute Gasteiger partial charge is 0.475 e. The molecule has 2 aromatic heterocycles. The number of H-pyrrole nitrogens is 1. The maximum Gasteiger partial charge on any atom is 0.475 e. The summed E-state index contributed by atoms with van der Waals surface area (Å²) in [4.78, 5) is 21.4. The van der Waals surface area contributed by atoms with Crippen LogP contribution in [0.25, 0.3) is 11.2 Å². The number of aromatic nitrogens is 4. The van der Waals surface area contributed by atoms with Gasteiger partial charge in [0.1, 0.15) is 0 Å². The van der Waals surface area contributed by atoms with E-state index in [9.17, 15) is 18.1 Å². The zero-order valence-electron chi connectivity index (χ0n) is 15.4. The third-order valence-electron chi connectivity index (χ3n) is 4.55. The van der Waals surface area contributed by atoms with Gasteiger partial charge in [-0.3, -0.25) is 27.9 Å². The van der Waals surface area contributed by atoms with Crippen LogP contribution in [0.5, 0.6) is 0 Å². The molecule has 2 aliphatic rings. The van der Waals surface area contributed by atoms with Crippen molar-refractivity contribution in [2.24, 2.45) is 0 Å². The van der Waals surface area contributed by atoms with E-state index in [0.29, 0.717) is 4.57 Å². The van der Waals surface area contributed by atoms with Crippen LogP contribution in [0.1, 0.15) is 20.1 Å². The third-order valence-corrected chi connectivity index (χ3v) is 6.14. The molecule has 0 saturated carbocycles. The SMILES string of the molecule is CC(C)OP1(=O)OC[C@@]2(C(F)F)O[C@@H](n3cnc4c(=O)[nH]c(N)nc43)C(F)(F)[C@@H]2O1. The molecule has 11 nitrogen and oxygen atoms in total. The first kappa shape index (κ1) is 21.2. The number of phosphoric ester groups is 1. The van der Waals surface area contributed by atoms with E-state index in [1.54, 1.807) is 0 Å². The van der Waals surface area contributed by atoms with Crippen LogP contribution in [0.3, 0.4) is 0 Å². The number of aromatic amines is 1. The van der Waals surface area contributed by atoms with Crippen molar-refractivity contribution in [2.45, 2.75) is 50.2 Å². The van der Waals surface area contributed by atoms with Gasteiger partial charge in [0, 0.05) is 0 Å². The van der Waals surface area contributed by atoms with Crippen LogP contribution in [0, 0.1) is 0 Å². The van der Waals surface area contributed by atoms with Gasteiger partial charge in [-0.1, -0.05) is 0 Å². The lowest BCUT2D eigenvalue weighted by atomic mass is 9.96. The number of nitrogens with two attached hydrogens (primary N) is 1. The number of hydrogen-bond acceptors (Lipinski definition) is 9. The monoisotopic (exact) mass is 457 g/mol. The molecule has 2 aliphatic heterocycles. The number of rotatable bonds is 4. The average molecular weight is 457 g/mol.